The van der Waals surface area contributed by atoms with Crippen LogP contribution in [0.1, 0.15) is 48.0 Å². The van der Waals surface area contributed by atoms with Crippen molar-refractivity contribution in [3.63, 3.8) is 0 Å². The van der Waals surface area contributed by atoms with Crippen LogP contribution in [0.25, 0.3) is 0 Å². The van der Waals surface area contributed by atoms with Crippen LogP contribution in [0.5, 0.6) is 0 Å². The Balaban J connectivity index is 0.00000200. The molecule has 0 aliphatic carbocycles. The Kier molecular flexibility index (Phi) is 4.76. The first-order chi connectivity index (χ1) is 8.60. The zero-order valence-electron chi connectivity index (χ0n) is 11.8. The number of ether oxygens (including phenoxy) is 1. The van der Waals surface area contributed by atoms with Gasteiger partial charge in [0, 0.05) is 6.54 Å². The molecule has 0 N–H and O–H groups in total. The summed E-state index contributed by atoms with van der Waals surface area (Å²) in [4.78, 5) is 13.3. The van der Waals surface area contributed by atoms with Crippen LogP contribution in [0.3, 0.4) is 0 Å². The van der Waals surface area contributed by atoms with E-state index in [1.54, 1.807) is 27.7 Å². The fourth-order valence-corrected chi connectivity index (χ4v) is 4.23. The maximum Gasteiger partial charge on any atom is 0.411 e. The molecule has 2 aliphatic heterocycles. The van der Waals surface area contributed by atoms with Crippen molar-refractivity contribution in [1.82, 2.24) is 4.90 Å². The summed E-state index contributed by atoms with van der Waals surface area (Å²) in [5, 5.41) is -0.905. The minimum Gasteiger partial charge on any atom is -0.444 e. The van der Waals surface area contributed by atoms with Crippen LogP contribution in [0.15, 0.2) is 0 Å². The van der Waals surface area contributed by atoms with Gasteiger partial charge >= 0.3 is 6.09 Å². The first-order valence-electron chi connectivity index (χ1n) is 6.52. The summed E-state index contributed by atoms with van der Waals surface area (Å²) in [7, 11) is -3.73. The van der Waals surface area contributed by atoms with E-state index in [1.165, 1.54) is 4.90 Å². The van der Waals surface area contributed by atoms with Gasteiger partial charge in [-0.25, -0.2) is 4.79 Å². The van der Waals surface area contributed by atoms with Crippen LogP contribution >= 0.6 is 0 Å². The topological polar surface area (TPSA) is 72.9 Å². The van der Waals surface area contributed by atoms with Crippen molar-refractivity contribution in [3.05, 3.63) is 0 Å². The van der Waals surface area contributed by atoms with Crippen molar-refractivity contribution in [2.24, 2.45) is 5.92 Å². The van der Waals surface area contributed by atoms with Gasteiger partial charge in [0.2, 0.25) is 0 Å². The molecule has 0 aromatic rings. The number of piperidine rings is 1. The zero-order valence-corrected chi connectivity index (χ0v) is 12.6. The van der Waals surface area contributed by atoms with E-state index in [9.17, 15) is 13.2 Å². The van der Waals surface area contributed by atoms with E-state index in [1.807, 2.05) is 0 Å². The third-order valence-corrected chi connectivity index (χ3v) is 5.19. The average Bonchev–Trinajstić information content (AvgIpc) is 2.23. The highest BCUT2D eigenvalue weighted by Crippen LogP contribution is 2.36. The molecule has 1 amide bonds. The summed E-state index contributed by atoms with van der Waals surface area (Å²) in [6, 6.07) is 0. The summed E-state index contributed by atoms with van der Waals surface area (Å²) < 4.78 is 34.4. The zero-order chi connectivity index (χ0) is 14.4. The number of amides is 1. The molecule has 2 saturated heterocycles. The highest BCUT2D eigenvalue weighted by atomic mass is 32.2. The molecule has 0 aromatic carbocycles. The minimum absolute atomic E-state index is 0. The average molecular weight is 307 g/mol. The van der Waals surface area contributed by atoms with Crippen molar-refractivity contribution >= 4 is 16.2 Å². The molecule has 0 saturated carbocycles. The van der Waals surface area contributed by atoms with E-state index >= 15 is 0 Å². The third-order valence-electron chi connectivity index (χ3n) is 3.50. The molecule has 2 fully saturated rings. The van der Waals surface area contributed by atoms with E-state index in [-0.39, 0.29) is 19.4 Å². The summed E-state index contributed by atoms with van der Waals surface area (Å²) >= 11 is 0. The van der Waals surface area contributed by atoms with Crippen LogP contribution in [-0.2, 0) is 19.0 Å². The smallest absolute Gasteiger partial charge is 0.411 e. The van der Waals surface area contributed by atoms with Gasteiger partial charge in [0.25, 0.3) is 10.1 Å². The number of hydrogen-bond acceptors (Lipinski definition) is 5. The second kappa shape index (κ2) is 5.52. The molecule has 3 atom stereocenters. The molecule has 20 heavy (non-hydrogen) atoms. The fraction of sp³-hybridized carbons (Fsp3) is 0.923. The molecule has 7 heteroatoms. The first kappa shape index (κ1) is 17.2. The number of fused-ring (bicyclic) bond motifs is 2. The van der Waals surface area contributed by atoms with Gasteiger partial charge in [0.05, 0.1) is 6.10 Å². The molecule has 2 heterocycles. The highest BCUT2D eigenvalue weighted by molar-refractivity contribution is 7.87. The van der Waals surface area contributed by atoms with Crippen LogP contribution < -0.4 is 0 Å². The summed E-state index contributed by atoms with van der Waals surface area (Å²) in [5.74, 6) is 0.187. The molecule has 0 spiro atoms. The number of likely N-dealkylation sites (tertiary alicyclic amines) is 1. The first-order valence-corrected chi connectivity index (χ1v) is 7.99. The van der Waals surface area contributed by atoms with E-state index in [4.69, 9.17) is 8.92 Å². The molecular weight excluding hydrogens is 282 g/mol. The van der Waals surface area contributed by atoms with Gasteiger partial charge in [-0.15, -0.1) is 0 Å². The Bertz CT molecular complexity index is 468. The Hall–Kier alpha value is -0.820. The molecule has 2 rings (SSSR count). The Morgan fingerprint density at radius 2 is 1.95 bits per heavy atom. The molecular formula is C13H25NO5S. The lowest BCUT2D eigenvalue weighted by Crippen LogP contribution is -2.56. The molecule has 6 nitrogen and oxygen atoms in total. The van der Waals surface area contributed by atoms with Gasteiger partial charge in [-0.3, -0.25) is 9.08 Å². The normalized spacial score (nSPS) is 32.2. The van der Waals surface area contributed by atoms with E-state index in [2.05, 4.69) is 0 Å². The quantitative estimate of drug-likeness (QED) is 0.642. The van der Waals surface area contributed by atoms with Crippen molar-refractivity contribution in [2.45, 2.75) is 65.0 Å². The Labute approximate surface area is 121 Å². The largest absolute Gasteiger partial charge is 0.444 e. The number of carbonyl (C=O) groups excluding carboxylic acids is 1. The lowest BCUT2D eigenvalue weighted by atomic mass is 9.92. The maximum atomic E-state index is 12.1. The number of carbonyl (C=O) groups is 1. The van der Waals surface area contributed by atoms with Crippen molar-refractivity contribution < 1.29 is 22.1 Å². The molecule has 0 aromatic heterocycles. The fourth-order valence-electron chi connectivity index (χ4n) is 2.54. The number of hydrogen-bond donors (Lipinski definition) is 0. The van der Waals surface area contributed by atoms with Gasteiger partial charge in [0.1, 0.15) is 5.60 Å². The van der Waals surface area contributed by atoms with Crippen LogP contribution in [0, 0.1) is 5.92 Å². The van der Waals surface area contributed by atoms with Crippen molar-refractivity contribution in [1.29, 1.82) is 0 Å². The van der Waals surface area contributed by atoms with Gasteiger partial charge in [-0.05, 0) is 46.5 Å². The van der Waals surface area contributed by atoms with Crippen molar-refractivity contribution in [2.75, 3.05) is 6.54 Å². The van der Waals surface area contributed by atoms with Crippen LogP contribution in [-0.4, -0.2) is 43.0 Å². The molecule has 0 radical (unpaired) electrons. The second-order valence-corrected chi connectivity index (χ2v) is 7.93. The molecule has 118 valence electrons. The Morgan fingerprint density at radius 1 is 1.35 bits per heavy atom. The molecule has 2 aliphatic rings. The van der Waals surface area contributed by atoms with E-state index in [0.29, 0.717) is 13.0 Å². The lowest BCUT2D eigenvalue weighted by Gasteiger charge is -2.44. The van der Waals surface area contributed by atoms with Crippen LogP contribution in [0.4, 0.5) is 4.79 Å². The maximum absolute atomic E-state index is 12.1. The Morgan fingerprint density at radius 3 is 2.50 bits per heavy atom. The third kappa shape index (κ3) is 3.44. The highest BCUT2D eigenvalue weighted by Gasteiger charge is 2.48. The summed E-state index contributed by atoms with van der Waals surface area (Å²) in [6.45, 7) is 7.43. The van der Waals surface area contributed by atoms with Gasteiger partial charge in [0.15, 0.2) is 5.37 Å². The second-order valence-electron chi connectivity index (χ2n) is 6.21. The van der Waals surface area contributed by atoms with Crippen molar-refractivity contribution in [3.8, 4) is 0 Å². The van der Waals surface area contributed by atoms with E-state index < -0.39 is 27.2 Å². The van der Waals surface area contributed by atoms with Gasteiger partial charge < -0.3 is 4.74 Å². The predicted molar refractivity (Wildman–Crippen MR) is 75.6 cm³/mol. The predicted octanol–water partition coefficient (Wildman–Crippen LogP) is 2.34. The number of nitrogens with zero attached hydrogens (tertiary/aromatic N) is 1. The molecule has 2 bridgehead atoms. The van der Waals surface area contributed by atoms with E-state index in [0.717, 1.165) is 6.42 Å². The summed E-state index contributed by atoms with van der Waals surface area (Å²) in [6.07, 6.45) is 0.287. The summed E-state index contributed by atoms with van der Waals surface area (Å²) in [5.41, 5.74) is -0.638. The molecule has 3 unspecified atom stereocenters. The standard InChI is InChI=1S/C12H21NO5S.CH4/c1-8-9-5-6-13(11(14)17-12(2,3)4)10(7-9)19(15,16)18-8;/h8-10H,5-7H2,1-4H3;1H4. The number of rotatable bonds is 0. The van der Waals surface area contributed by atoms with Gasteiger partial charge in [-0.2, -0.15) is 8.42 Å². The SMILES string of the molecule is C.CC1OS(=O)(=O)C2CC1CCN2C(=O)OC(C)(C)C. The lowest BCUT2D eigenvalue weighted by molar-refractivity contribution is -0.00490. The minimum atomic E-state index is -3.73. The van der Waals surface area contributed by atoms with Gasteiger partial charge in [-0.1, -0.05) is 7.43 Å². The monoisotopic (exact) mass is 307 g/mol. The van der Waals surface area contributed by atoms with Crippen LogP contribution in [0.2, 0.25) is 0 Å².